The largest absolute Gasteiger partial charge is 0.497 e. The second-order valence-electron chi connectivity index (χ2n) is 6.18. The van der Waals surface area contributed by atoms with E-state index < -0.39 is 0 Å². The van der Waals surface area contributed by atoms with E-state index in [0.717, 1.165) is 6.42 Å². The van der Waals surface area contributed by atoms with Crippen LogP contribution in [0.3, 0.4) is 0 Å². The lowest BCUT2D eigenvalue weighted by Crippen LogP contribution is -2.51. The fraction of sp³-hybridized carbons (Fsp3) is 0.556. The molecule has 1 aliphatic heterocycles. The summed E-state index contributed by atoms with van der Waals surface area (Å²) in [6.07, 6.45) is 0.925. The molecule has 6 nitrogen and oxygen atoms in total. The van der Waals surface area contributed by atoms with E-state index >= 15 is 0 Å². The fourth-order valence-electron chi connectivity index (χ4n) is 2.67. The number of piperazine rings is 1. The molecule has 1 aromatic carbocycles. The van der Waals surface area contributed by atoms with Crippen LogP contribution in [0.5, 0.6) is 5.75 Å². The van der Waals surface area contributed by atoms with Gasteiger partial charge in [0.05, 0.1) is 13.7 Å². The number of benzene rings is 1. The minimum atomic E-state index is 0.0117. The van der Waals surface area contributed by atoms with Gasteiger partial charge in [-0.25, -0.2) is 0 Å². The lowest BCUT2D eigenvalue weighted by molar-refractivity contribution is -0.123. The van der Waals surface area contributed by atoms with Crippen LogP contribution in [0.15, 0.2) is 24.3 Å². The van der Waals surface area contributed by atoms with E-state index in [9.17, 15) is 9.59 Å². The Kier molecular flexibility index (Phi) is 6.61. The van der Waals surface area contributed by atoms with Crippen LogP contribution in [0.4, 0.5) is 0 Å². The van der Waals surface area contributed by atoms with Gasteiger partial charge in [0.2, 0.25) is 5.91 Å². The summed E-state index contributed by atoms with van der Waals surface area (Å²) in [6, 6.07) is 7.41. The van der Waals surface area contributed by atoms with Crippen molar-refractivity contribution in [2.45, 2.75) is 26.3 Å². The minimum Gasteiger partial charge on any atom is -0.497 e. The van der Waals surface area contributed by atoms with Crippen LogP contribution in [0.25, 0.3) is 0 Å². The molecule has 0 bridgehead atoms. The zero-order valence-corrected chi connectivity index (χ0v) is 14.7. The van der Waals surface area contributed by atoms with Crippen molar-refractivity contribution in [1.29, 1.82) is 0 Å². The molecule has 0 aliphatic carbocycles. The van der Waals surface area contributed by atoms with Crippen molar-refractivity contribution in [2.75, 3.05) is 39.8 Å². The summed E-state index contributed by atoms with van der Waals surface area (Å²) in [6.45, 7) is 7.13. The molecule has 6 heteroatoms. The molecule has 0 saturated carbocycles. The molecule has 1 aliphatic rings. The number of methoxy groups -OCH3 is 1. The molecular formula is C18H27N3O3. The summed E-state index contributed by atoms with van der Waals surface area (Å²) >= 11 is 0. The highest BCUT2D eigenvalue weighted by Gasteiger charge is 2.23. The number of ether oxygens (including phenoxy) is 1. The summed E-state index contributed by atoms with van der Waals surface area (Å²) in [5.74, 6) is 0.746. The highest BCUT2D eigenvalue weighted by atomic mass is 16.5. The van der Waals surface area contributed by atoms with Crippen LogP contribution >= 0.6 is 0 Å². The fourth-order valence-corrected chi connectivity index (χ4v) is 2.67. The molecule has 0 radical (unpaired) electrons. The molecule has 132 valence electrons. The molecule has 2 rings (SSSR count). The molecule has 1 N–H and O–H groups in total. The lowest BCUT2D eigenvalue weighted by Gasteiger charge is -2.34. The van der Waals surface area contributed by atoms with E-state index in [-0.39, 0.29) is 17.9 Å². The van der Waals surface area contributed by atoms with Crippen molar-refractivity contribution in [3.05, 3.63) is 29.8 Å². The maximum atomic E-state index is 12.6. The Balaban J connectivity index is 1.83. The van der Waals surface area contributed by atoms with Crippen molar-refractivity contribution < 1.29 is 14.3 Å². The molecule has 1 unspecified atom stereocenters. The maximum Gasteiger partial charge on any atom is 0.254 e. The van der Waals surface area contributed by atoms with Crippen LogP contribution < -0.4 is 10.1 Å². The van der Waals surface area contributed by atoms with Crippen molar-refractivity contribution in [2.24, 2.45) is 0 Å². The van der Waals surface area contributed by atoms with Crippen LogP contribution in [0.1, 0.15) is 30.6 Å². The average molecular weight is 333 g/mol. The second kappa shape index (κ2) is 8.68. The van der Waals surface area contributed by atoms with Crippen molar-refractivity contribution in [1.82, 2.24) is 15.1 Å². The number of hydrogen-bond acceptors (Lipinski definition) is 4. The molecule has 1 atom stereocenters. The highest BCUT2D eigenvalue weighted by molar-refractivity contribution is 5.94. The van der Waals surface area contributed by atoms with Gasteiger partial charge in [-0.15, -0.1) is 0 Å². The maximum absolute atomic E-state index is 12.6. The van der Waals surface area contributed by atoms with Crippen LogP contribution in [0, 0.1) is 0 Å². The van der Waals surface area contributed by atoms with Crippen LogP contribution in [0.2, 0.25) is 0 Å². The SMILES string of the molecule is CCC(C)NC(=O)CN1CCN(C(=O)c2cccc(OC)c2)CC1. The lowest BCUT2D eigenvalue weighted by atomic mass is 10.1. The number of nitrogens with zero attached hydrogens (tertiary/aromatic N) is 2. The number of amides is 2. The zero-order valence-electron chi connectivity index (χ0n) is 14.7. The number of carbonyl (C=O) groups excluding carboxylic acids is 2. The van der Waals surface area contributed by atoms with Crippen molar-refractivity contribution in [3.8, 4) is 5.75 Å². The van der Waals surface area contributed by atoms with Gasteiger partial charge in [-0.05, 0) is 31.5 Å². The highest BCUT2D eigenvalue weighted by Crippen LogP contribution is 2.15. The molecule has 2 amide bonds. The van der Waals surface area contributed by atoms with E-state index in [0.29, 0.717) is 44.0 Å². The molecule has 1 aromatic rings. The summed E-state index contributed by atoms with van der Waals surface area (Å²) in [5, 5.41) is 2.97. The van der Waals surface area contributed by atoms with E-state index in [4.69, 9.17) is 4.74 Å². The normalized spacial score (nSPS) is 16.5. The Labute approximate surface area is 143 Å². The predicted octanol–water partition coefficient (Wildman–Crippen LogP) is 1.37. The van der Waals surface area contributed by atoms with Crippen LogP contribution in [-0.2, 0) is 4.79 Å². The van der Waals surface area contributed by atoms with Gasteiger partial charge in [0.25, 0.3) is 5.91 Å². The van der Waals surface area contributed by atoms with Gasteiger partial charge in [-0.1, -0.05) is 13.0 Å². The Hall–Kier alpha value is -2.08. The Morgan fingerprint density at radius 1 is 1.25 bits per heavy atom. The molecule has 1 heterocycles. The van der Waals surface area contributed by atoms with Gasteiger partial charge in [-0.2, -0.15) is 0 Å². The first kappa shape index (κ1) is 18.3. The number of rotatable bonds is 6. The van der Waals surface area contributed by atoms with Crippen LogP contribution in [-0.4, -0.2) is 67.5 Å². The third-order valence-corrected chi connectivity index (χ3v) is 4.36. The molecule has 1 fully saturated rings. The Bertz CT molecular complexity index is 568. The summed E-state index contributed by atoms with van der Waals surface area (Å²) in [7, 11) is 1.59. The topological polar surface area (TPSA) is 61.9 Å². The summed E-state index contributed by atoms with van der Waals surface area (Å²) < 4.78 is 5.17. The minimum absolute atomic E-state index is 0.0117. The van der Waals surface area contributed by atoms with E-state index in [1.165, 1.54) is 0 Å². The molecular weight excluding hydrogens is 306 g/mol. The molecule has 0 aromatic heterocycles. The third-order valence-electron chi connectivity index (χ3n) is 4.36. The van der Waals surface area contributed by atoms with Crippen molar-refractivity contribution >= 4 is 11.8 Å². The number of hydrogen-bond donors (Lipinski definition) is 1. The third kappa shape index (κ3) is 4.96. The van der Waals surface area contributed by atoms with E-state index in [1.54, 1.807) is 19.2 Å². The summed E-state index contributed by atoms with van der Waals surface area (Å²) in [4.78, 5) is 28.4. The average Bonchev–Trinajstić information content (AvgIpc) is 2.61. The van der Waals surface area contributed by atoms with Gasteiger partial charge in [0.15, 0.2) is 0 Å². The number of carbonyl (C=O) groups is 2. The monoisotopic (exact) mass is 333 g/mol. The molecule has 1 saturated heterocycles. The molecule has 24 heavy (non-hydrogen) atoms. The second-order valence-corrected chi connectivity index (χ2v) is 6.18. The Morgan fingerprint density at radius 3 is 2.58 bits per heavy atom. The Morgan fingerprint density at radius 2 is 1.96 bits per heavy atom. The van der Waals surface area contributed by atoms with Crippen molar-refractivity contribution in [3.63, 3.8) is 0 Å². The first-order chi connectivity index (χ1) is 11.5. The zero-order chi connectivity index (χ0) is 17.5. The smallest absolute Gasteiger partial charge is 0.254 e. The summed E-state index contributed by atoms with van der Waals surface area (Å²) in [5.41, 5.74) is 0.636. The van der Waals surface area contributed by atoms with Gasteiger partial charge in [-0.3, -0.25) is 14.5 Å². The van der Waals surface area contributed by atoms with E-state index in [1.807, 2.05) is 30.9 Å². The van der Waals surface area contributed by atoms with Gasteiger partial charge in [0, 0.05) is 37.8 Å². The van der Waals surface area contributed by atoms with E-state index in [2.05, 4.69) is 10.2 Å². The number of nitrogens with one attached hydrogen (secondary N) is 1. The van der Waals surface area contributed by atoms with Gasteiger partial charge >= 0.3 is 0 Å². The molecule has 0 spiro atoms. The standard InChI is InChI=1S/C18H27N3O3/c1-4-14(2)19-17(22)13-20-8-10-21(11-9-20)18(23)15-6-5-7-16(12-15)24-3/h5-7,12,14H,4,8-11,13H2,1-3H3,(H,19,22). The van der Waals surface area contributed by atoms with Gasteiger partial charge in [0.1, 0.15) is 5.75 Å². The van der Waals surface area contributed by atoms with Gasteiger partial charge < -0.3 is 15.0 Å². The quantitative estimate of drug-likeness (QED) is 0.854. The predicted molar refractivity (Wildman–Crippen MR) is 93.2 cm³/mol. The first-order valence-corrected chi connectivity index (χ1v) is 8.48. The first-order valence-electron chi connectivity index (χ1n) is 8.48.